The molecule has 1 fully saturated rings. The first-order chi connectivity index (χ1) is 14.7. The fraction of sp³-hybridized carbons (Fsp3) is 0.292. The van der Waals surface area contributed by atoms with Gasteiger partial charge in [-0.05, 0) is 61.6 Å². The Morgan fingerprint density at radius 2 is 2.03 bits per heavy atom. The van der Waals surface area contributed by atoms with Gasteiger partial charge in [-0.3, -0.25) is 0 Å². The van der Waals surface area contributed by atoms with Gasteiger partial charge in [-0.15, -0.1) is 0 Å². The molecule has 0 atom stereocenters. The Morgan fingerprint density at radius 3 is 2.80 bits per heavy atom. The Bertz CT molecular complexity index is 1130. The lowest BCUT2D eigenvalue weighted by Gasteiger charge is -2.16. The number of hydrogen-bond acceptors (Lipinski definition) is 5. The maximum Gasteiger partial charge on any atom is 0.220 e. The number of rotatable bonds is 5. The summed E-state index contributed by atoms with van der Waals surface area (Å²) in [6, 6.07) is 9.24. The van der Waals surface area contributed by atoms with Gasteiger partial charge < -0.3 is 19.0 Å². The summed E-state index contributed by atoms with van der Waals surface area (Å²) in [5, 5.41) is 9.46. The molecule has 30 heavy (non-hydrogen) atoms. The van der Waals surface area contributed by atoms with Crippen LogP contribution in [0.2, 0.25) is 5.02 Å². The molecule has 6 heteroatoms. The summed E-state index contributed by atoms with van der Waals surface area (Å²) >= 11 is 6.15. The Labute approximate surface area is 180 Å². The van der Waals surface area contributed by atoms with Crippen molar-refractivity contribution in [2.75, 3.05) is 13.7 Å². The van der Waals surface area contributed by atoms with E-state index in [9.17, 15) is 0 Å². The number of aromatic nitrogens is 1. The van der Waals surface area contributed by atoms with Crippen molar-refractivity contribution in [2.45, 2.75) is 31.8 Å². The van der Waals surface area contributed by atoms with Crippen LogP contribution in [-0.2, 0) is 0 Å². The van der Waals surface area contributed by atoms with Gasteiger partial charge >= 0.3 is 0 Å². The Hall–Kier alpha value is -2.94. The van der Waals surface area contributed by atoms with Crippen molar-refractivity contribution in [2.24, 2.45) is 0 Å². The lowest BCUT2D eigenvalue weighted by Crippen LogP contribution is -2.11. The van der Waals surface area contributed by atoms with E-state index in [4.69, 9.17) is 30.6 Å². The molecule has 3 aromatic rings. The zero-order chi connectivity index (χ0) is 20.9. The number of nitrogens with zero attached hydrogens (tertiary/aromatic N) is 1. The van der Waals surface area contributed by atoms with Crippen LogP contribution >= 0.6 is 11.6 Å². The lowest BCUT2D eigenvalue weighted by molar-refractivity contribution is 0.201. The van der Waals surface area contributed by atoms with Crippen molar-refractivity contribution in [3.63, 3.8) is 0 Å². The highest BCUT2D eigenvalue weighted by atomic mass is 35.5. The molecule has 0 saturated heterocycles. The highest BCUT2D eigenvalue weighted by Gasteiger charge is 2.18. The van der Waals surface area contributed by atoms with E-state index >= 15 is 0 Å². The molecular formula is C24H22ClNO4. The molecule has 4 rings (SSSR count). The van der Waals surface area contributed by atoms with E-state index in [2.05, 4.69) is 16.8 Å². The molecule has 0 spiro atoms. The molecule has 1 aliphatic carbocycles. The molecule has 0 radical (unpaired) electrons. The van der Waals surface area contributed by atoms with Gasteiger partial charge in [0.15, 0.2) is 17.1 Å². The van der Waals surface area contributed by atoms with Crippen molar-refractivity contribution in [3.05, 3.63) is 52.4 Å². The van der Waals surface area contributed by atoms with Crippen LogP contribution in [0.25, 0.3) is 23.3 Å². The van der Waals surface area contributed by atoms with Crippen LogP contribution in [0.4, 0.5) is 0 Å². The Kier molecular flexibility index (Phi) is 6.27. The summed E-state index contributed by atoms with van der Waals surface area (Å²) < 4.78 is 17.5. The zero-order valence-electron chi connectivity index (χ0n) is 16.7. The third-order valence-electron chi connectivity index (χ3n) is 4.98. The second-order valence-corrected chi connectivity index (χ2v) is 7.52. The van der Waals surface area contributed by atoms with Crippen LogP contribution in [0.3, 0.4) is 0 Å². The number of aliphatic hydroxyl groups is 1. The Balaban J connectivity index is 1.60. The monoisotopic (exact) mass is 423 g/mol. The molecule has 0 amide bonds. The second kappa shape index (κ2) is 9.25. The summed E-state index contributed by atoms with van der Waals surface area (Å²) in [4.78, 5) is 4.47. The summed E-state index contributed by atoms with van der Waals surface area (Å²) in [6.45, 7) is -0.238. The van der Waals surface area contributed by atoms with Crippen LogP contribution in [-0.4, -0.2) is 29.9 Å². The molecule has 154 valence electrons. The number of benzene rings is 2. The average molecular weight is 424 g/mol. The topological polar surface area (TPSA) is 64.7 Å². The van der Waals surface area contributed by atoms with E-state index in [1.165, 1.54) is 12.8 Å². The first-order valence-corrected chi connectivity index (χ1v) is 10.3. The number of oxazole rings is 1. The van der Waals surface area contributed by atoms with Gasteiger partial charge in [-0.1, -0.05) is 29.5 Å². The van der Waals surface area contributed by atoms with E-state index < -0.39 is 0 Å². The van der Waals surface area contributed by atoms with Crippen molar-refractivity contribution in [1.29, 1.82) is 0 Å². The minimum atomic E-state index is -0.238. The molecule has 5 nitrogen and oxygen atoms in total. The van der Waals surface area contributed by atoms with Crippen molar-refractivity contribution < 1.29 is 19.0 Å². The van der Waals surface area contributed by atoms with Crippen LogP contribution in [0.5, 0.6) is 11.5 Å². The number of hydrogen-bond donors (Lipinski definition) is 1. The SMILES string of the molecule is COc1ccc(/C=C/c2nc3cc(Cl)cc(C#CCO)c3o2)cc1OC1CCCC1. The largest absolute Gasteiger partial charge is 0.493 e. The Morgan fingerprint density at radius 1 is 1.20 bits per heavy atom. The molecule has 2 aromatic carbocycles. The summed E-state index contributed by atoms with van der Waals surface area (Å²) in [7, 11) is 1.65. The number of halogens is 1. The molecule has 1 saturated carbocycles. The first kappa shape index (κ1) is 20.3. The van der Waals surface area contributed by atoms with Gasteiger partial charge in [0.2, 0.25) is 5.89 Å². The smallest absolute Gasteiger partial charge is 0.220 e. The van der Waals surface area contributed by atoms with E-state index in [0.717, 1.165) is 29.9 Å². The zero-order valence-corrected chi connectivity index (χ0v) is 17.4. The maximum absolute atomic E-state index is 8.95. The number of methoxy groups -OCH3 is 1. The number of ether oxygens (including phenoxy) is 2. The van der Waals surface area contributed by atoms with Crippen LogP contribution < -0.4 is 9.47 Å². The van der Waals surface area contributed by atoms with E-state index in [-0.39, 0.29) is 12.7 Å². The minimum absolute atomic E-state index is 0.238. The van der Waals surface area contributed by atoms with Crippen molar-refractivity contribution in [3.8, 4) is 23.3 Å². The predicted molar refractivity (Wildman–Crippen MR) is 118 cm³/mol. The fourth-order valence-corrected chi connectivity index (χ4v) is 3.77. The quantitative estimate of drug-likeness (QED) is 0.562. The van der Waals surface area contributed by atoms with Gasteiger partial charge in [-0.2, -0.15) is 0 Å². The summed E-state index contributed by atoms with van der Waals surface area (Å²) in [5.41, 5.74) is 2.70. The standard InChI is InChI=1S/C24H22ClNO4/c1-28-21-10-8-16(13-22(21)29-19-6-2-3-7-19)9-11-23-26-20-15-18(25)14-17(5-4-12-27)24(20)30-23/h8-11,13-15,19,27H,2-3,6-7,12H2,1H3/b11-9+. The third kappa shape index (κ3) is 4.62. The fourth-order valence-electron chi connectivity index (χ4n) is 3.56. The molecule has 0 bridgehead atoms. The third-order valence-corrected chi connectivity index (χ3v) is 5.19. The van der Waals surface area contributed by atoms with Crippen LogP contribution in [0.15, 0.2) is 34.7 Å². The minimum Gasteiger partial charge on any atom is -0.493 e. The van der Waals surface area contributed by atoms with Crippen molar-refractivity contribution in [1.82, 2.24) is 4.98 Å². The predicted octanol–water partition coefficient (Wildman–Crippen LogP) is 5.33. The van der Waals surface area contributed by atoms with Gasteiger partial charge in [0, 0.05) is 11.1 Å². The number of fused-ring (bicyclic) bond motifs is 1. The summed E-state index contributed by atoms with van der Waals surface area (Å²) in [5.74, 6) is 7.37. The van der Waals surface area contributed by atoms with E-state index in [1.54, 1.807) is 25.3 Å². The van der Waals surface area contributed by atoms with Gasteiger partial charge in [0.25, 0.3) is 0 Å². The van der Waals surface area contributed by atoms with Gasteiger partial charge in [-0.25, -0.2) is 4.98 Å². The normalized spacial score (nSPS) is 14.2. The summed E-state index contributed by atoms with van der Waals surface area (Å²) in [6.07, 6.45) is 8.52. The highest BCUT2D eigenvalue weighted by Crippen LogP contribution is 2.33. The second-order valence-electron chi connectivity index (χ2n) is 7.08. The molecule has 0 unspecified atom stereocenters. The molecular weight excluding hydrogens is 402 g/mol. The average Bonchev–Trinajstić information content (AvgIpc) is 3.40. The molecule has 1 aromatic heterocycles. The van der Waals surface area contributed by atoms with Crippen molar-refractivity contribution >= 4 is 34.9 Å². The van der Waals surface area contributed by atoms with Gasteiger partial charge in [0.1, 0.15) is 12.1 Å². The van der Waals surface area contributed by atoms with Crippen LogP contribution in [0, 0.1) is 11.8 Å². The molecule has 1 aliphatic rings. The molecule has 1 N–H and O–H groups in total. The lowest BCUT2D eigenvalue weighted by atomic mass is 10.2. The molecule has 0 aliphatic heterocycles. The van der Waals surface area contributed by atoms with E-state index in [1.807, 2.05) is 24.3 Å². The van der Waals surface area contributed by atoms with Gasteiger partial charge in [0.05, 0.1) is 18.8 Å². The van der Waals surface area contributed by atoms with E-state index in [0.29, 0.717) is 27.6 Å². The highest BCUT2D eigenvalue weighted by molar-refractivity contribution is 6.31. The maximum atomic E-state index is 8.95. The molecule has 1 heterocycles. The number of aliphatic hydroxyl groups excluding tert-OH is 1. The van der Waals surface area contributed by atoms with Crippen LogP contribution in [0.1, 0.15) is 42.7 Å². The first-order valence-electron chi connectivity index (χ1n) is 9.89.